The van der Waals surface area contributed by atoms with Crippen molar-refractivity contribution in [2.24, 2.45) is 0 Å². The van der Waals surface area contributed by atoms with Gasteiger partial charge in [-0.3, -0.25) is 0 Å². The molecular formula is C45H43BN2O4S. The van der Waals surface area contributed by atoms with E-state index >= 15 is 0 Å². The summed E-state index contributed by atoms with van der Waals surface area (Å²) in [6.45, 7) is 16.2. The molecule has 10 rings (SSSR count). The van der Waals surface area contributed by atoms with E-state index in [2.05, 4.69) is 130 Å². The van der Waals surface area contributed by atoms with Gasteiger partial charge in [0.15, 0.2) is 23.0 Å². The molecule has 6 nitrogen and oxygen atoms in total. The van der Waals surface area contributed by atoms with Gasteiger partial charge in [-0.05, 0) is 107 Å². The molecule has 0 radical (unpaired) electrons. The van der Waals surface area contributed by atoms with E-state index in [0.29, 0.717) is 26.4 Å². The molecule has 0 saturated heterocycles. The minimum absolute atomic E-state index is 0.0266. The lowest BCUT2D eigenvalue weighted by Crippen LogP contribution is -2.61. The normalized spacial score (nSPS) is 15.8. The van der Waals surface area contributed by atoms with Gasteiger partial charge in [0.05, 0.1) is 42.8 Å². The molecule has 8 heteroatoms. The van der Waals surface area contributed by atoms with Gasteiger partial charge in [0, 0.05) is 46.7 Å². The second kappa shape index (κ2) is 12.0. The standard InChI is InChI=1S/C45H43BN2O4S/c1-26-19-34-42-35(20-26)48(43-27(2)21-29(22-28(43)3)45(4,5)6)44-41(31-11-7-8-12-40(31)53-44)46(42)32-24-38-39(52-18-10-17-51-38)25-33(32)47(34)30-13-14-36-37(23-30)50-16-9-15-49-36/h7-8,11-14,19-25H,9-10,15-18H2,1-6H3. The minimum Gasteiger partial charge on any atom is -0.490 e. The second-order valence-corrected chi connectivity index (χ2v) is 17.0. The highest BCUT2D eigenvalue weighted by molar-refractivity contribution is 7.26. The summed E-state index contributed by atoms with van der Waals surface area (Å²) in [6.07, 6.45) is 1.70. The number of nitrogens with zero attached hydrogens (tertiary/aromatic N) is 2. The summed E-state index contributed by atoms with van der Waals surface area (Å²) < 4.78 is 26.5. The summed E-state index contributed by atoms with van der Waals surface area (Å²) in [5.74, 6) is 3.16. The van der Waals surface area contributed by atoms with Crippen LogP contribution < -0.4 is 45.1 Å². The van der Waals surface area contributed by atoms with Gasteiger partial charge in [0.25, 0.3) is 6.71 Å². The monoisotopic (exact) mass is 718 g/mol. The molecule has 4 aliphatic rings. The van der Waals surface area contributed by atoms with Gasteiger partial charge in [0.2, 0.25) is 0 Å². The van der Waals surface area contributed by atoms with Crippen LogP contribution in [0.5, 0.6) is 23.0 Å². The number of ether oxygens (including phenoxy) is 4. The molecule has 0 bridgehead atoms. The summed E-state index contributed by atoms with van der Waals surface area (Å²) in [5.41, 5.74) is 14.7. The molecule has 0 spiro atoms. The van der Waals surface area contributed by atoms with Gasteiger partial charge in [-0.15, -0.1) is 11.3 Å². The predicted octanol–water partition coefficient (Wildman–Crippen LogP) is 9.53. The van der Waals surface area contributed by atoms with Crippen LogP contribution in [0.2, 0.25) is 0 Å². The van der Waals surface area contributed by atoms with E-state index in [9.17, 15) is 0 Å². The van der Waals surface area contributed by atoms with Crippen molar-refractivity contribution in [1.29, 1.82) is 0 Å². The Bertz CT molecular complexity index is 2460. The Morgan fingerprint density at radius 2 is 1.25 bits per heavy atom. The Morgan fingerprint density at radius 3 is 1.94 bits per heavy atom. The molecule has 266 valence electrons. The molecule has 0 fully saturated rings. The molecule has 0 saturated carbocycles. The SMILES string of the molecule is Cc1cc2c3c(c1)N(c1c(C)cc(C(C)(C)C)cc1C)c1sc4ccccc4c1B3c1cc3c(cc1N2c1ccc2c(c1)OCCCO2)OCCCO3. The lowest BCUT2D eigenvalue weighted by atomic mass is 9.33. The number of fused-ring (bicyclic) bond motifs is 8. The van der Waals surface area contributed by atoms with Crippen LogP contribution in [0.25, 0.3) is 10.1 Å². The van der Waals surface area contributed by atoms with Crippen molar-refractivity contribution in [3.05, 3.63) is 101 Å². The van der Waals surface area contributed by atoms with Gasteiger partial charge in [0.1, 0.15) is 0 Å². The molecular weight excluding hydrogens is 675 g/mol. The molecule has 0 N–H and O–H groups in total. The molecule has 0 aliphatic carbocycles. The summed E-state index contributed by atoms with van der Waals surface area (Å²) in [5, 5.41) is 2.57. The van der Waals surface area contributed by atoms with Gasteiger partial charge in [-0.25, -0.2) is 0 Å². The third-order valence-electron chi connectivity index (χ3n) is 11.2. The van der Waals surface area contributed by atoms with Crippen LogP contribution in [0, 0.1) is 20.8 Å². The van der Waals surface area contributed by atoms with Crippen LogP contribution in [-0.4, -0.2) is 33.1 Å². The van der Waals surface area contributed by atoms with E-state index < -0.39 is 0 Å². The Kier molecular flexibility index (Phi) is 7.36. The van der Waals surface area contributed by atoms with E-state index in [1.807, 2.05) is 11.3 Å². The average molecular weight is 719 g/mol. The van der Waals surface area contributed by atoms with E-state index in [0.717, 1.165) is 52.9 Å². The maximum atomic E-state index is 6.42. The fourth-order valence-electron chi connectivity index (χ4n) is 8.79. The molecule has 5 aromatic carbocycles. The number of rotatable bonds is 2. The summed E-state index contributed by atoms with van der Waals surface area (Å²) in [4.78, 5) is 5.00. The van der Waals surface area contributed by atoms with Crippen LogP contribution in [0.3, 0.4) is 0 Å². The number of thiophene rings is 1. The van der Waals surface area contributed by atoms with Crippen molar-refractivity contribution in [3.63, 3.8) is 0 Å². The average Bonchev–Trinajstić information content (AvgIpc) is 3.24. The quantitative estimate of drug-likeness (QED) is 0.166. The minimum atomic E-state index is -0.0266. The highest BCUT2D eigenvalue weighted by atomic mass is 32.1. The lowest BCUT2D eigenvalue weighted by Gasteiger charge is -2.44. The van der Waals surface area contributed by atoms with Crippen molar-refractivity contribution in [3.8, 4) is 23.0 Å². The van der Waals surface area contributed by atoms with Crippen LogP contribution >= 0.6 is 11.3 Å². The number of hydrogen-bond acceptors (Lipinski definition) is 7. The van der Waals surface area contributed by atoms with Gasteiger partial charge in [-0.2, -0.15) is 0 Å². The van der Waals surface area contributed by atoms with E-state index in [1.54, 1.807) is 0 Å². The zero-order chi connectivity index (χ0) is 36.2. The molecule has 6 aromatic rings. The molecule has 5 heterocycles. The Balaban J connectivity index is 1.30. The molecule has 0 unspecified atom stereocenters. The molecule has 4 aliphatic heterocycles. The number of anilines is 6. The number of hydrogen-bond donors (Lipinski definition) is 0. The Hall–Kier alpha value is -5.08. The van der Waals surface area contributed by atoms with E-state index in [4.69, 9.17) is 18.9 Å². The molecule has 0 atom stereocenters. The van der Waals surface area contributed by atoms with Gasteiger partial charge >= 0.3 is 0 Å². The smallest absolute Gasteiger partial charge is 0.254 e. The topological polar surface area (TPSA) is 43.4 Å². The Morgan fingerprint density at radius 1 is 0.623 bits per heavy atom. The second-order valence-electron chi connectivity index (χ2n) is 15.9. The fraction of sp³-hybridized carbons (Fsp3) is 0.289. The summed E-state index contributed by atoms with van der Waals surface area (Å²) >= 11 is 1.90. The van der Waals surface area contributed by atoms with Crippen molar-refractivity contribution in [2.75, 3.05) is 36.2 Å². The predicted molar refractivity (Wildman–Crippen MR) is 220 cm³/mol. The lowest BCUT2D eigenvalue weighted by molar-refractivity contribution is 0.296. The first-order valence-electron chi connectivity index (χ1n) is 18.9. The Labute approximate surface area is 315 Å². The van der Waals surface area contributed by atoms with E-state index in [-0.39, 0.29) is 12.1 Å². The number of benzene rings is 5. The molecule has 0 amide bonds. The van der Waals surface area contributed by atoms with Crippen LogP contribution in [0.4, 0.5) is 33.4 Å². The van der Waals surface area contributed by atoms with E-state index in [1.165, 1.54) is 65.1 Å². The molecule has 53 heavy (non-hydrogen) atoms. The maximum Gasteiger partial charge on any atom is 0.254 e. The maximum absolute atomic E-state index is 6.42. The zero-order valence-corrected chi connectivity index (χ0v) is 32.1. The fourth-order valence-corrected chi connectivity index (χ4v) is 10.1. The van der Waals surface area contributed by atoms with Crippen LogP contribution in [-0.2, 0) is 5.41 Å². The van der Waals surface area contributed by atoms with Crippen LogP contribution in [0.1, 0.15) is 55.9 Å². The zero-order valence-electron chi connectivity index (χ0n) is 31.3. The third kappa shape index (κ3) is 5.05. The van der Waals surface area contributed by atoms with Gasteiger partial charge < -0.3 is 28.7 Å². The third-order valence-corrected chi connectivity index (χ3v) is 12.3. The first kappa shape index (κ1) is 32.6. The highest BCUT2D eigenvalue weighted by Gasteiger charge is 2.46. The van der Waals surface area contributed by atoms with Crippen molar-refractivity contribution >= 4 is 78.0 Å². The van der Waals surface area contributed by atoms with Crippen LogP contribution in [0.15, 0.2) is 78.9 Å². The molecule has 1 aromatic heterocycles. The van der Waals surface area contributed by atoms with Gasteiger partial charge in [-0.1, -0.05) is 51.1 Å². The summed E-state index contributed by atoms with van der Waals surface area (Å²) in [6, 6.07) is 29.3. The first-order valence-corrected chi connectivity index (χ1v) is 19.7. The number of aryl methyl sites for hydroxylation is 3. The van der Waals surface area contributed by atoms with Crippen molar-refractivity contribution in [1.82, 2.24) is 0 Å². The highest BCUT2D eigenvalue weighted by Crippen LogP contribution is 2.51. The van der Waals surface area contributed by atoms with Crippen molar-refractivity contribution in [2.45, 2.75) is 59.8 Å². The van der Waals surface area contributed by atoms with Crippen molar-refractivity contribution < 1.29 is 18.9 Å². The summed E-state index contributed by atoms with van der Waals surface area (Å²) in [7, 11) is 0. The largest absolute Gasteiger partial charge is 0.490 e. The first-order chi connectivity index (χ1) is 25.7.